The summed E-state index contributed by atoms with van der Waals surface area (Å²) in [7, 11) is 0. The average Bonchev–Trinajstić information content (AvgIpc) is 2.59. The molecule has 0 spiro atoms. The van der Waals surface area contributed by atoms with Gasteiger partial charge in [-0.1, -0.05) is 73.3 Å². The van der Waals surface area contributed by atoms with Crippen LogP contribution in [0.3, 0.4) is 0 Å². The van der Waals surface area contributed by atoms with Crippen LogP contribution in [0.15, 0.2) is 79.4 Å². The van der Waals surface area contributed by atoms with Crippen LogP contribution in [0.4, 0.5) is 0 Å². The Bertz CT molecular complexity index is 774. The summed E-state index contributed by atoms with van der Waals surface area (Å²) in [5.74, 6) is 0. The number of benzene rings is 3. The molecule has 1 heteroatoms. The fourth-order valence-corrected chi connectivity index (χ4v) is 2.54. The Kier molecular flexibility index (Phi) is 4.36. The van der Waals surface area contributed by atoms with Crippen LogP contribution in [0.5, 0.6) is 0 Å². The Hall–Kier alpha value is -2.38. The van der Waals surface area contributed by atoms with Crippen molar-refractivity contribution in [1.82, 2.24) is 0 Å². The van der Waals surface area contributed by atoms with E-state index in [4.69, 9.17) is 4.74 Å². The summed E-state index contributed by atoms with van der Waals surface area (Å²) in [6.45, 7) is 6.78. The minimum Gasteiger partial charge on any atom is -0.369 e. The molecule has 0 aliphatic carbocycles. The van der Waals surface area contributed by atoms with Gasteiger partial charge in [0.1, 0.15) is 0 Å². The molecule has 0 N–H and O–H groups in total. The van der Waals surface area contributed by atoms with Gasteiger partial charge in [0.25, 0.3) is 0 Å². The van der Waals surface area contributed by atoms with Crippen LogP contribution >= 0.6 is 0 Å². The summed E-state index contributed by atoms with van der Waals surface area (Å²) < 4.78 is 5.96. The number of rotatable bonds is 5. The van der Waals surface area contributed by atoms with Crippen molar-refractivity contribution in [2.24, 2.45) is 0 Å². The molecule has 0 aromatic heterocycles. The fraction of sp³-hybridized carbons (Fsp3) is 0.143. The van der Waals surface area contributed by atoms with Crippen molar-refractivity contribution in [2.75, 3.05) is 6.61 Å². The molecule has 1 unspecified atom stereocenters. The van der Waals surface area contributed by atoms with E-state index in [0.717, 1.165) is 11.1 Å². The Morgan fingerprint density at radius 3 is 2.36 bits per heavy atom. The molecule has 1 nitrogen and oxygen atoms in total. The lowest BCUT2D eigenvalue weighted by Gasteiger charge is -2.15. The molecule has 0 saturated carbocycles. The van der Waals surface area contributed by atoms with E-state index in [0.29, 0.717) is 6.61 Å². The van der Waals surface area contributed by atoms with E-state index >= 15 is 0 Å². The summed E-state index contributed by atoms with van der Waals surface area (Å²) in [5.41, 5.74) is 3.33. The van der Waals surface area contributed by atoms with E-state index in [1.165, 1.54) is 16.3 Å². The number of fused-ring (bicyclic) bond motifs is 1. The van der Waals surface area contributed by atoms with Gasteiger partial charge in [-0.3, -0.25) is 0 Å². The van der Waals surface area contributed by atoms with Gasteiger partial charge in [-0.25, -0.2) is 0 Å². The Morgan fingerprint density at radius 2 is 1.59 bits per heavy atom. The zero-order valence-electron chi connectivity index (χ0n) is 12.8. The van der Waals surface area contributed by atoms with Crippen molar-refractivity contribution in [3.8, 4) is 0 Å². The zero-order chi connectivity index (χ0) is 15.4. The largest absolute Gasteiger partial charge is 0.369 e. The van der Waals surface area contributed by atoms with Crippen molar-refractivity contribution < 1.29 is 4.74 Å². The molecule has 0 bridgehead atoms. The Labute approximate surface area is 131 Å². The normalized spacial score (nSPS) is 12.2. The van der Waals surface area contributed by atoms with Gasteiger partial charge in [0.05, 0.1) is 12.7 Å². The van der Waals surface area contributed by atoms with E-state index < -0.39 is 0 Å². The predicted molar refractivity (Wildman–Crippen MR) is 93.8 cm³/mol. The Morgan fingerprint density at radius 1 is 0.909 bits per heavy atom. The van der Waals surface area contributed by atoms with Crippen molar-refractivity contribution in [3.05, 3.63) is 90.5 Å². The Balaban J connectivity index is 1.68. The monoisotopic (exact) mass is 288 g/mol. The average molecular weight is 288 g/mol. The molecule has 0 fully saturated rings. The summed E-state index contributed by atoms with van der Waals surface area (Å²) in [4.78, 5) is 0. The van der Waals surface area contributed by atoms with E-state index in [9.17, 15) is 0 Å². The molecule has 3 rings (SSSR count). The standard InChI is InChI=1S/C21H20O/c1-16(15-22-17(2)18-8-4-3-5-9-18)20-13-12-19-10-6-7-11-21(19)14-20/h3-14,17H,1,15H2,2H3. The number of hydrogen-bond donors (Lipinski definition) is 0. The third-order valence-electron chi connectivity index (χ3n) is 3.93. The second kappa shape index (κ2) is 6.59. The van der Waals surface area contributed by atoms with Crippen LogP contribution < -0.4 is 0 Å². The van der Waals surface area contributed by atoms with Gasteiger partial charge in [0, 0.05) is 0 Å². The van der Waals surface area contributed by atoms with Gasteiger partial charge in [0.2, 0.25) is 0 Å². The van der Waals surface area contributed by atoms with Gasteiger partial charge in [-0.05, 0) is 40.5 Å². The van der Waals surface area contributed by atoms with Crippen molar-refractivity contribution in [3.63, 3.8) is 0 Å². The molecule has 110 valence electrons. The summed E-state index contributed by atoms with van der Waals surface area (Å²) in [6.07, 6.45) is 0.0680. The molecule has 0 saturated heterocycles. The van der Waals surface area contributed by atoms with Crippen LogP contribution in [0.2, 0.25) is 0 Å². The second-order valence-corrected chi connectivity index (χ2v) is 5.53. The fourth-order valence-electron chi connectivity index (χ4n) is 2.54. The first-order chi connectivity index (χ1) is 10.7. The predicted octanol–water partition coefficient (Wildman–Crippen LogP) is 5.63. The number of hydrogen-bond acceptors (Lipinski definition) is 1. The molecule has 3 aromatic rings. The molecule has 0 amide bonds. The highest BCUT2D eigenvalue weighted by Crippen LogP contribution is 2.23. The highest BCUT2D eigenvalue weighted by molar-refractivity contribution is 5.86. The molecule has 3 aromatic carbocycles. The van der Waals surface area contributed by atoms with Crippen molar-refractivity contribution in [2.45, 2.75) is 13.0 Å². The summed E-state index contributed by atoms with van der Waals surface area (Å²) in [5, 5.41) is 2.48. The van der Waals surface area contributed by atoms with E-state index in [2.05, 4.69) is 68.1 Å². The highest BCUT2D eigenvalue weighted by atomic mass is 16.5. The van der Waals surface area contributed by atoms with Gasteiger partial charge in [-0.2, -0.15) is 0 Å². The smallest absolute Gasteiger partial charge is 0.0801 e. The first kappa shape index (κ1) is 14.6. The molecule has 1 atom stereocenters. The summed E-state index contributed by atoms with van der Waals surface area (Å²) in [6, 6.07) is 25.0. The lowest BCUT2D eigenvalue weighted by atomic mass is 10.0. The maximum absolute atomic E-state index is 5.96. The van der Waals surface area contributed by atoms with Crippen LogP contribution in [-0.4, -0.2) is 6.61 Å². The second-order valence-electron chi connectivity index (χ2n) is 5.53. The lowest BCUT2D eigenvalue weighted by Crippen LogP contribution is -2.03. The van der Waals surface area contributed by atoms with Crippen molar-refractivity contribution >= 4 is 16.3 Å². The quantitative estimate of drug-likeness (QED) is 0.591. The SMILES string of the molecule is C=C(COC(C)c1ccccc1)c1ccc2ccccc2c1. The third-order valence-corrected chi connectivity index (χ3v) is 3.93. The molecule has 0 radical (unpaired) electrons. The topological polar surface area (TPSA) is 9.23 Å². The van der Waals surface area contributed by atoms with Crippen LogP contribution in [0.25, 0.3) is 16.3 Å². The highest BCUT2D eigenvalue weighted by Gasteiger charge is 2.07. The molecule has 0 heterocycles. The molecular formula is C21H20O. The van der Waals surface area contributed by atoms with Crippen molar-refractivity contribution in [1.29, 1.82) is 0 Å². The minimum absolute atomic E-state index is 0.0680. The minimum atomic E-state index is 0.0680. The summed E-state index contributed by atoms with van der Waals surface area (Å²) >= 11 is 0. The van der Waals surface area contributed by atoms with Crippen LogP contribution in [0, 0.1) is 0 Å². The van der Waals surface area contributed by atoms with Crippen LogP contribution in [-0.2, 0) is 4.74 Å². The zero-order valence-corrected chi connectivity index (χ0v) is 12.8. The van der Waals surface area contributed by atoms with E-state index in [1.807, 2.05) is 18.2 Å². The maximum Gasteiger partial charge on any atom is 0.0801 e. The van der Waals surface area contributed by atoms with E-state index in [1.54, 1.807) is 0 Å². The van der Waals surface area contributed by atoms with E-state index in [-0.39, 0.29) is 6.10 Å². The van der Waals surface area contributed by atoms with Gasteiger partial charge >= 0.3 is 0 Å². The molecule has 22 heavy (non-hydrogen) atoms. The maximum atomic E-state index is 5.96. The lowest BCUT2D eigenvalue weighted by molar-refractivity contribution is 0.0928. The molecule has 0 aliphatic rings. The van der Waals surface area contributed by atoms with Gasteiger partial charge in [0.15, 0.2) is 0 Å². The molecular weight excluding hydrogens is 268 g/mol. The van der Waals surface area contributed by atoms with Crippen LogP contribution in [0.1, 0.15) is 24.2 Å². The number of ether oxygens (including phenoxy) is 1. The first-order valence-electron chi connectivity index (χ1n) is 7.57. The third kappa shape index (κ3) is 3.26. The van der Waals surface area contributed by atoms with Gasteiger partial charge in [-0.15, -0.1) is 0 Å². The van der Waals surface area contributed by atoms with Gasteiger partial charge < -0.3 is 4.74 Å². The molecule has 0 aliphatic heterocycles. The first-order valence-corrected chi connectivity index (χ1v) is 7.57.